The van der Waals surface area contributed by atoms with Crippen LogP contribution in [0.3, 0.4) is 0 Å². The first-order valence-corrected chi connectivity index (χ1v) is 9.64. The van der Waals surface area contributed by atoms with Crippen molar-refractivity contribution in [1.82, 2.24) is 25.6 Å². The first-order valence-electron chi connectivity index (χ1n) is 9.64. The molecule has 1 aliphatic rings. The van der Waals surface area contributed by atoms with E-state index in [9.17, 15) is 9.18 Å². The number of anilines is 1. The van der Waals surface area contributed by atoms with Gasteiger partial charge in [-0.15, -0.1) is 0 Å². The lowest BCUT2D eigenvalue weighted by Crippen LogP contribution is -2.42. The number of carbonyl (C=O) groups excluding carboxylic acids is 1. The molecule has 0 unspecified atom stereocenters. The number of likely N-dealkylation sites (N-methyl/N-ethyl adjacent to an activating group) is 1. The topological polar surface area (TPSA) is 101 Å². The molecule has 2 aromatic rings. The molecule has 3 N–H and O–H groups in total. The van der Waals surface area contributed by atoms with Gasteiger partial charge in [0.1, 0.15) is 11.9 Å². The van der Waals surface area contributed by atoms with Gasteiger partial charge >= 0.3 is 0 Å². The number of carbonyl (C=O) groups is 1. The van der Waals surface area contributed by atoms with E-state index in [0.717, 1.165) is 19.3 Å². The smallest absolute Gasteiger partial charge is 0.254 e. The van der Waals surface area contributed by atoms with Gasteiger partial charge < -0.3 is 20.7 Å². The third-order valence-corrected chi connectivity index (χ3v) is 4.85. The summed E-state index contributed by atoms with van der Waals surface area (Å²) in [6.45, 7) is 1.74. The molecule has 30 heavy (non-hydrogen) atoms. The molecule has 1 saturated carbocycles. The monoisotopic (exact) mass is 414 g/mol. The maximum Gasteiger partial charge on any atom is 0.254 e. The van der Waals surface area contributed by atoms with E-state index in [0.29, 0.717) is 36.8 Å². The van der Waals surface area contributed by atoms with Gasteiger partial charge in [-0.2, -0.15) is 0 Å². The average Bonchev–Trinajstić information content (AvgIpc) is 2.75. The Labute approximate surface area is 176 Å². The second-order valence-corrected chi connectivity index (χ2v) is 6.80. The summed E-state index contributed by atoms with van der Waals surface area (Å²) in [6, 6.07) is 3.04. The van der Waals surface area contributed by atoms with Crippen molar-refractivity contribution >= 4 is 11.9 Å². The van der Waals surface area contributed by atoms with Crippen LogP contribution in [0.25, 0.3) is 0 Å². The van der Waals surface area contributed by atoms with E-state index in [1.807, 2.05) is 13.2 Å². The van der Waals surface area contributed by atoms with Crippen LogP contribution in [0.1, 0.15) is 35.3 Å². The molecular weight excluding hydrogens is 387 g/mol. The zero-order valence-corrected chi connectivity index (χ0v) is 17.2. The number of aromatic nitrogens is 3. The zero-order chi connectivity index (χ0) is 21.8. The lowest BCUT2D eigenvalue weighted by Gasteiger charge is -2.41. The maximum absolute atomic E-state index is 14.1. The van der Waals surface area contributed by atoms with E-state index in [4.69, 9.17) is 0 Å². The molecule has 160 valence electrons. The van der Waals surface area contributed by atoms with Crippen LogP contribution in [-0.2, 0) is 10.2 Å². The molecule has 0 aromatic carbocycles. The number of ether oxygens (including phenoxy) is 1. The summed E-state index contributed by atoms with van der Waals surface area (Å²) < 4.78 is 18.2. The second kappa shape index (κ2) is 11.7. The van der Waals surface area contributed by atoms with Crippen LogP contribution in [0.4, 0.5) is 10.3 Å². The third kappa shape index (κ3) is 6.12. The number of methoxy groups -OCH3 is 1. The number of nitrogens with one attached hydrogen (secondary N) is 3. The minimum Gasteiger partial charge on any atom is -0.450 e. The van der Waals surface area contributed by atoms with Crippen molar-refractivity contribution in [2.24, 2.45) is 0 Å². The van der Waals surface area contributed by atoms with E-state index in [-0.39, 0.29) is 17.1 Å². The first-order chi connectivity index (χ1) is 14.6. The lowest BCUT2D eigenvalue weighted by atomic mass is 9.66. The standard InChI is InChI=1S/C18H23FN6O.C3H4O/c1-20-8-9-22-16(26)13-10-23-17(24-11-13)25-12-18(5-3-6-18)15-14(19)4-2-7-21-15;1-3-4-2/h2,4,7,10-11,20H,3,5-6,8-9,12H2,1H3,(H,22,26)(H,23,24,25);1H,2H3. The highest BCUT2D eigenvalue weighted by molar-refractivity contribution is 5.93. The fraction of sp³-hybridized carbons (Fsp3) is 0.429. The molecule has 1 aliphatic carbocycles. The van der Waals surface area contributed by atoms with Crippen LogP contribution in [0, 0.1) is 18.3 Å². The van der Waals surface area contributed by atoms with Gasteiger partial charge in [-0.05, 0) is 32.0 Å². The Kier molecular flexibility index (Phi) is 8.97. The van der Waals surface area contributed by atoms with Crippen LogP contribution in [0.5, 0.6) is 0 Å². The molecule has 1 fully saturated rings. The Balaban J connectivity index is 0.000000735. The lowest BCUT2D eigenvalue weighted by molar-refractivity contribution is 0.0953. The summed E-state index contributed by atoms with van der Waals surface area (Å²) in [6.07, 6.45) is 13.9. The number of pyridine rings is 1. The van der Waals surface area contributed by atoms with Crippen LogP contribution < -0.4 is 16.0 Å². The molecule has 0 radical (unpaired) electrons. The molecule has 2 aromatic heterocycles. The average molecular weight is 414 g/mol. The summed E-state index contributed by atoms with van der Waals surface area (Å²) in [7, 11) is 3.27. The number of amides is 1. The van der Waals surface area contributed by atoms with E-state index < -0.39 is 0 Å². The van der Waals surface area contributed by atoms with Crippen molar-refractivity contribution in [3.63, 3.8) is 0 Å². The third-order valence-electron chi connectivity index (χ3n) is 4.85. The van der Waals surface area contributed by atoms with Crippen LogP contribution in [0.2, 0.25) is 0 Å². The van der Waals surface area contributed by atoms with Crippen molar-refractivity contribution in [3.8, 4) is 12.5 Å². The fourth-order valence-electron chi connectivity index (χ4n) is 3.06. The minimum absolute atomic E-state index is 0.210. The van der Waals surface area contributed by atoms with E-state index in [1.54, 1.807) is 12.3 Å². The summed E-state index contributed by atoms with van der Waals surface area (Å²) in [5.41, 5.74) is 0.581. The van der Waals surface area contributed by atoms with Crippen LogP contribution >= 0.6 is 0 Å². The Bertz CT molecular complexity index is 849. The Morgan fingerprint density at radius 2 is 2.00 bits per heavy atom. The van der Waals surface area contributed by atoms with Crippen molar-refractivity contribution < 1.29 is 13.9 Å². The van der Waals surface area contributed by atoms with Gasteiger partial charge in [-0.3, -0.25) is 9.78 Å². The number of hydrogen-bond acceptors (Lipinski definition) is 7. The van der Waals surface area contributed by atoms with Gasteiger partial charge in [-0.25, -0.2) is 14.4 Å². The van der Waals surface area contributed by atoms with Gasteiger partial charge in [0, 0.05) is 43.6 Å². The van der Waals surface area contributed by atoms with E-state index in [1.165, 1.54) is 25.6 Å². The summed E-state index contributed by atoms with van der Waals surface area (Å²) in [5, 5.41) is 8.89. The van der Waals surface area contributed by atoms with Crippen molar-refractivity contribution in [2.45, 2.75) is 24.7 Å². The SMILES string of the molecule is C#COC.CNCCNC(=O)c1cnc(NCC2(c3ncccc3F)CCC2)nc1. The number of terminal acetylenes is 1. The molecule has 0 saturated heterocycles. The molecule has 0 atom stereocenters. The normalized spacial score (nSPS) is 13.7. The van der Waals surface area contributed by atoms with Crippen molar-refractivity contribution in [2.75, 3.05) is 39.1 Å². The van der Waals surface area contributed by atoms with Crippen molar-refractivity contribution in [3.05, 3.63) is 47.8 Å². The highest BCUT2D eigenvalue weighted by Crippen LogP contribution is 2.43. The number of hydrogen-bond donors (Lipinski definition) is 3. The largest absolute Gasteiger partial charge is 0.450 e. The molecular formula is C21H27FN6O2. The highest BCUT2D eigenvalue weighted by Gasteiger charge is 2.41. The predicted octanol–water partition coefficient (Wildman–Crippen LogP) is 1.72. The molecule has 2 heterocycles. The second-order valence-electron chi connectivity index (χ2n) is 6.80. The summed E-state index contributed by atoms with van der Waals surface area (Å²) in [5.74, 6) is -0.0688. The molecule has 8 nitrogen and oxygen atoms in total. The van der Waals surface area contributed by atoms with Crippen molar-refractivity contribution in [1.29, 1.82) is 0 Å². The molecule has 0 bridgehead atoms. The molecule has 9 heteroatoms. The molecule has 3 rings (SSSR count). The van der Waals surface area contributed by atoms with Gasteiger partial charge in [0.2, 0.25) is 5.95 Å². The number of rotatable bonds is 8. The van der Waals surface area contributed by atoms with Gasteiger partial charge in [0.05, 0.1) is 18.4 Å². The Hall–Kier alpha value is -3.25. The molecule has 0 spiro atoms. The summed E-state index contributed by atoms with van der Waals surface area (Å²) in [4.78, 5) is 24.6. The Morgan fingerprint density at radius 1 is 1.30 bits per heavy atom. The van der Waals surface area contributed by atoms with Gasteiger partial charge in [0.15, 0.2) is 0 Å². The van der Waals surface area contributed by atoms with Gasteiger partial charge in [-0.1, -0.05) is 12.8 Å². The van der Waals surface area contributed by atoms with E-state index >= 15 is 0 Å². The minimum atomic E-state index is -0.322. The number of halogens is 1. The quantitative estimate of drug-likeness (QED) is 0.447. The highest BCUT2D eigenvalue weighted by atomic mass is 19.1. The molecule has 0 aliphatic heterocycles. The van der Waals surface area contributed by atoms with Crippen LogP contribution in [0.15, 0.2) is 30.7 Å². The molecule has 1 amide bonds. The Morgan fingerprint density at radius 3 is 2.53 bits per heavy atom. The van der Waals surface area contributed by atoms with Gasteiger partial charge in [0.25, 0.3) is 5.91 Å². The number of nitrogens with zero attached hydrogens (tertiary/aromatic N) is 3. The van der Waals surface area contributed by atoms with Crippen LogP contribution in [-0.4, -0.2) is 54.7 Å². The zero-order valence-electron chi connectivity index (χ0n) is 17.2. The first kappa shape index (κ1) is 23.0. The van der Waals surface area contributed by atoms with E-state index in [2.05, 4.69) is 42.1 Å². The summed E-state index contributed by atoms with van der Waals surface area (Å²) >= 11 is 0. The predicted molar refractivity (Wildman–Crippen MR) is 112 cm³/mol. The fourth-order valence-corrected chi connectivity index (χ4v) is 3.06. The maximum atomic E-state index is 14.1.